The van der Waals surface area contributed by atoms with Gasteiger partial charge in [-0.25, -0.2) is 0 Å². The predicted molar refractivity (Wildman–Crippen MR) is 92.9 cm³/mol. The third kappa shape index (κ3) is 5.80. The Kier molecular flexibility index (Phi) is 6.57. The Bertz CT molecular complexity index is 441. The third-order valence-electron chi connectivity index (χ3n) is 4.45. The van der Waals surface area contributed by atoms with E-state index in [0.717, 1.165) is 25.0 Å². The van der Waals surface area contributed by atoms with E-state index in [4.69, 9.17) is 4.74 Å². The number of allylic oxidation sites excluding steroid dienone is 4. The fraction of sp³-hybridized carbons (Fsp3) is 0.722. The van der Waals surface area contributed by atoms with Crippen molar-refractivity contribution < 1.29 is 9.53 Å². The van der Waals surface area contributed by atoms with Crippen LogP contribution in [0.1, 0.15) is 47.0 Å². The molecule has 2 nitrogen and oxygen atoms in total. The SMILES string of the molecule is C/[C](=C/C[C@@]1(C)CCC(OCC(C)C)=CC1=O)[Sn]([CH3])([CH3])[CH3]. The number of carbonyl (C=O) groups excluding carboxylic acids is 1. The number of ketones is 1. The van der Waals surface area contributed by atoms with E-state index in [1.165, 1.54) is 0 Å². The first-order valence-electron chi connectivity index (χ1n) is 8.09. The molecule has 1 aliphatic carbocycles. The fourth-order valence-electron chi connectivity index (χ4n) is 2.19. The molecule has 0 fully saturated rings. The summed E-state index contributed by atoms with van der Waals surface area (Å²) < 4.78 is 7.28. The van der Waals surface area contributed by atoms with Crippen LogP contribution in [0.2, 0.25) is 14.8 Å². The van der Waals surface area contributed by atoms with Crippen molar-refractivity contribution in [3.63, 3.8) is 0 Å². The third-order valence-corrected chi connectivity index (χ3v) is 11.8. The Morgan fingerprint density at radius 1 is 1.43 bits per heavy atom. The summed E-state index contributed by atoms with van der Waals surface area (Å²) in [6.45, 7) is 9.31. The van der Waals surface area contributed by atoms with Crippen LogP contribution in [0.25, 0.3) is 0 Å². The second kappa shape index (κ2) is 7.34. The molecule has 1 aliphatic rings. The van der Waals surface area contributed by atoms with Gasteiger partial charge in [0.1, 0.15) is 0 Å². The van der Waals surface area contributed by atoms with Crippen molar-refractivity contribution in [2.24, 2.45) is 11.3 Å². The summed E-state index contributed by atoms with van der Waals surface area (Å²) in [7, 11) is 0. The molecular weight excluding hydrogens is 367 g/mol. The van der Waals surface area contributed by atoms with Crippen LogP contribution in [0.15, 0.2) is 21.5 Å². The molecule has 0 aliphatic heterocycles. The van der Waals surface area contributed by atoms with E-state index in [0.29, 0.717) is 12.5 Å². The van der Waals surface area contributed by atoms with Crippen molar-refractivity contribution >= 4 is 24.2 Å². The molecular formula is C18H32O2Sn. The molecule has 0 aromatic heterocycles. The van der Waals surface area contributed by atoms with E-state index in [9.17, 15) is 4.79 Å². The van der Waals surface area contributed by atoms with Gasteiger partial charge in [0.05, 0.1) is 0 Å². The number of rotatable bonds is 6. The zero-order valence-corrected chi connectivity index (χ0v) is 17.7. The molecule has 1 atom stereocenters. The maximum atomic E-state index is 12.5. The molecule has 0 aromatic carbocycles. The van der Waals surface area contributed by atoms with Gasteiger partial charge in [-0.1, -0.05) is 0 Å². The topological polar surface area (TPSA) is 26.3 Å². The van der Waals surface area contributed by atoms with Crippen LogP contribution in [0, 0.1) is 11.3 Å². The van der Waals surface area contributed by atoms with E-state index in [-0.39, 0.29) is 11.2 Å². The van der Waals surface area contributed by atoms with Gasteiger partial charge < -0.3 is 0 Å². The minimum absolute atomic E-state index is 0.233. The molecule has 0 saturated heterocycles. The Morgan fingerprint density at radius 3 is 2.52 bits per heavy atom. The molecule has 120 valence electrons. The standard InChI is InChI=1S/C15H23O2.3CH3.Sn/c1-5-6-8-15(4)9-7-13(10-14(15)16)17-11-12(2)3;;;;/h6,10,12H,7-9,11H2,1-4H3;3*1H3;/t15-;;;;/m0..../s1. The average molecular weight is 399 g/mol. The number of ether oxygens (including phenoxy) is 1. The van der Waals surface area contributed by atoms with Gasteiger partial charge in [-0.2, -0.15) is 0 Å². The molecule has 0 radical (unpaired) electrons. The molecule has 1 rings (SSSR count). The molecule has 0 saturated carbocycles. The van der Waals surface area contributed by atoms with Crippen LogP contribution in [0.5, 0.6) is 0 Å². The predicted octanol–water partition coefficient (Wildman–Crippen LogP) is 5.13. The first kappa shape index (κ1) is 18.8. The fourth-order valence-corrected chi connectivity index (χ4v) is 4.23. The molecule has 0 aromatic rings. The van der Waals surface area contributed by atoms with Crippen LogP contribution < -0.4 is 0 Å². The van der Waals surface area contributed by atoms with Gasteiger partial charge in [0, 0.05) is 0 Å². The zero-order valence-electron chi connectivity index (χ0n) is 14.9. The molecule has 0 N–H and O–H groups in total. The van der Waals surface area contributed by atoms with Gasteiger partial charge in [0.15, 0.2) is 0 Å². The normalized spacial score (nSPS) is 24.3. The van der Waals surface area contributed by atoms with E-state index in [2.05, 4.69) is 48.6 Å². The van der Waals surface area contributed by atoms with Gasteiger partial charge in [0.25, 0.3) is 0 Å². The van der Waals surface area contributed by atoms with Crippen molar-refractivity contribution in [1.82, 2.24) is 0 Å². The van der Waals surface area contributed by atoms with E-state index in [1.54, 1.807) is 9.67 Å². The summed E-state index contributed by atoms with van der Waals surface area (Å²) in [5.41, 5.74) is -0.233. The van der Waals surface area contributed by atoms with E-state index < -0.39 is 18.4 Å². The van der Waals surface area contributed by atoms with Crippen molar-refractivity contribution in [2.45, 2.75) is 61.8 Å². The molecule has 0 heterocycles. The van der Waals surface area contributed by atoms with Crippen LogP contribution in [-0.2, 0) is 9.53 Å². The summed E-state index contributed by atoms with van der Waals surface area (Å²) in [4.78, 5) is 19.7. The van der Waals surface area contributed by atoms with E-state index >= 15 is 0 Å². The average Bonchev–Trinajstić information content (AvgIpc) is 2.36. The van der Waals surface area contributed by atoms with Gasteiger partial charge in [-0.15, -0.1) is 0 Å². The molecule has 0 unspecified atom stereocenters. The second-order valence-electron chi connectivity index (χ2n) is 8.08. The first-order chi connectivity index (χ1) is 9.54. The van der Waals surface area contributed by atoms with Gasteiger partial charge in [-0.05, 0) is 0 Å². The van der Waals surface area contributed by atoms with Crippen LogP contribution in [-0.4, -0.2) is 30.8 Å². The van der Waals surface area contributed by atoms with Crippen LogP contribution in [0.3, 0.4) is 0 Å². The number of hydrogen-bond acceptors (Lipinski definition) is 2. The molecule has 0 amide bonds. The van der Waals surface area contributed by atoms with Crippen molar-refractivity contribution in [3.05, 3.63) is 21.5 Å². The number of hydrogen-bond donors (Lipinski definition) is 0. The summed E-state index contributed by atoms with van der Waals surface area (Å²) in [6.07, 6.45) is 6.75. The van der Waals surface area contributed by atoms with Crippen molar-refractivity contribution in [3.8, 4) is 0 Å². The quantitative estimate of drug-likeness (QED) is 0.580. The Hall–Kier alpha value is -0.251. The van der Waals surface area contributed by atoms with Crippen molar-refractivity contribution in [2.75, 3.05) is 6.61 Å². The summed E-state index contributed by atoms with van der Waals surface area (Å²) in [5, 5.41) is 0. The minimum atomic E-state index is -1.95. The maximum absolute atomic E-state index is 12.5. The zero-order chi connectivity index (χ0) is 16.3. The Balaban J connectivity index is 2.71. The van der Waals surface area contributed by atoms with Crippen LogP contribution >= 0.6 is 0 Å². The van der Waals surface area contributed by atoms with Gasteiger partial charge in [0.2, 0.25) is 0 Å². The molecule has 3 heteroatoms. The summed E-state index contributed by atoms with van der Waals surface area (Å²) in [5.74, 6) is 1.61. The van der Waals surface area contributed by atoms with Gasteiger partial charge >= 0.3 is 135 Å². The second-order valence-corrected chi connectivity index (χ2v) is 23.2. The number of carbonyl (C=O) groups is 1. The summed E-state index contributed by atoms with van der Waals surface area (Å²) in [6, 6.07) is 0. The first-order valence-corrected chi connectivity index (χ1v) is 18.1. The molecule has 21 heavy (non-hydrogen) atoms. The Labute approximate surface area is 134 Å². The molecule has 0 bridgehead atoms. The summed E-state index contributed by atoms with van der Waals surface area (Å²) >= 11 is -1.95. The van der Waals surface area contributed by atoms with E-state index in [1.807, 2.05) is 0 Å². The monoisotopic (exact) mass is 400 g/mol. The van der Waals surface area contributed by atoms with Crippen molar-refractivity contribution in [1.29, 1.82) is 0 Å². The Morgan fingerprint density at radius 2 is 2.05 bits per heavy atom. The van der Waals surface area contributed by atoms with Crippen LogP contribution in [0.4, 0.5) is 0 Å². The molecule has 0 spiro atoms. The van der Waals surface area contributed by atoms with Gasteiger partial charge in [-0.3, -0.25) is 0 Å².